The van der Waals surface area contributed by atoms with E-state index in [9.17, 15) is 4.79 Å². The molecule has 0 saturated carbocycles. The number of thiophene rings is 1. The van der Waals surface area contributed by atoms with Crippen LogP contribution in [-0.4, -0.2) is 5.78 Å². The van der Waals surface area contributed by atoms with Crippen molar-refractivity contribution in [3.05, 3.63) is 38.8 Å². The van der Waals surface area contributed by atoms with Crippen molar-refractivity contribution >= 4 is 33.7 Å². The number of halogens is 1. The van der Waals surface area contributed by atoms with Crippen LogP contribution in [0.4, 0.5) is 5.00 Å². The number of nitrogens with two attached hydrogens (primary N) is 1. The van der Waals surface area contributed by atoms with Gasteiger partial charge < -0.3 is 5.73 Å². The van der Waals surface area contributed by atoms with Gasteiger partial charge in [-0.05, 0) is 38.3 Å². The lowest BCUT2D eigenvalue weighted by molar-refractivity contribution is 0.103. The molecule has 2 nitrogen and oxygen atoms in total. The third kappa shape index (κ3) is 2.31. The highest BCUT2D eigenvalue weighted by atomic mass is 35.5. The number of anilines is 1. The number of nitrogen functional groups attached to an aromatic ring is 1. The van der Waals surface area contributed by atoms with Gasteiger partial charge in [-0.3, -0.25) is 4.79 Å². The number of Topliss-reactive ketones (excluding diaryl/α,β-unsaturated/α-hetero) is 1. The molecule has 0 saturated heterocycles. The van der Waals surface area contributed by atoms with Gasteiger partial charge in [-0.2, -0.15) is 0 Å². The van der Waals surface area contributed by atoms with E-state index in [1.807, 2.05) is 13.8 Å². The molecule has 0 fully saturated rings. The maximum Gasteiger partial charge on any atom is 0.192 e. The molecule has 1 aliphatic rings. The van der Waals surface area contributed by atoms with Crippen molar-refractivity contribution in [2.75, 3.05) is 5.73 Å². The molecule has 2 rings (SSSR count). The molecule has 1 heterocycles. The minimum absolute atomic E-state index is 0.0461. The zero-order valence-electron chi connectivity index (χ0n) is 9.84. The molecule has 0 radical (unpaired) electrons. The number of ketones is 1. The van der Waals surface area contributed by atoms with Crippen LogP contribution in [0.25, 0.3) is 0 Å². The average molecular weight is 268 g/mol. The van der Waals surface area contributed by atoms with E-state index in [-0.39, 0.29) is 5.78 Å². The van der Waals surface area contributed by atoms with Crippen molar-refractivity contribution in [1.82, 2.24) is 0 Å². The fraction of sp³-hybridized carbons (Fsp3) is 0.308. The maximum atomic E-state index is 12.3. The second-order valence-electron chi connectivity index (χ2n) is 4.16. The van der Waals surface area contributed by atoms with Crippen LogP contribution in [0.15, 0.2) is 22.8 Å². The standard InChI is InChI=1S/C13H14ClNOS/c1-7-8(2)17-13(15)11(7)12(16)9-3-5-10(14)6-4-9/h3,5H,4,6,15H2,1-2H3. The number of carbonyl (C=O) groups is 1. The first-order valence-electron chi connectivity index (χ1n) is 5.46. The van der Waals surface area contributed by atoms with Gasteiger partial charge in [0.25, 0.3) is 0 Å². The molecule has 0 unspecified atom stereocenters. The lowest BCUT2D eigenvalue weighted by Crippen LogP contribution is -2.08. The van der Waals surface area contributed by atoms with Crippen LogP contribution in [0.2, 0.25) is 0 Å². The highest BCUT2D eigenvalue weighted by molar-refractivity contribution is 7.16. The maximum absolute atomic E-state index is 12.3. The summed E-state index contributed by atoms with van der Waals surface area (Å²) < 4.78 is 0. The Morgan fingerprint density at radius 1 is 1.35 bits per heavy atom. The zero-order valence-corrected chi connectivity index (χ0v) is 11.4. The smallest absolute Gasteiger partial charge is 0.192 e. The molecule has 1 aliphatic carbocycles. The number of hydrogen-bond donors (Lipinski definition) is 1. The zero-order chi connectivity index (χ0) is 12.6. The summed E-state index contributed by atoms with van der Waals surface area (Å²) in [6, 6.07) is 0. The number of rotatable bonds is 2. The summed E-state index contributed by atoms with van der Waals surface area (Å²) in [5.41, 5.74) is 8.37. The third-order valence-electron chi connectivity index (χ3n) is 3.03. The van der Waals surface area contributed by atoms with Crippen molar-refractivity contribution < 1.29 is 4.79 Å². The SMILES string of the molecule is Cc1sc(N)c(C(=O)C2=CC=C(Cl)CC2)c1C. The average Bonchev–Trinajstić information content (AvgIpc) is 2.53. The normalized spacial score (nSPS) is 15.5. The van der Waals surface area contributed by atoms with Crippen molar-refractivity contribution in [2.45, 2.75) is 26.7 Å². The van der Waals surface area contributed by atoms with Gasteiger partial charge in [0.2, 0.25) is 0 Å². The third-order valence-corrected chi connectivity index (χ3v) is 4.38. The van der Waals surface area contributed by atoms with Crippen molar-refractivity contribution in [2.24, 2.45) is 0 Å². The van der Waals surface area contributed by atoms with Crippen LogP contribution in [0.5, 0.6) is 0 Å². The Hall–Kier alpha value is -1.06. The molecule has 17 heavy (non-hydrogen) atoms. The van der Waals surface area contributed by atoms with Crippen LogP contribution < -0.4 is 5.73 Å². The predicted molar refractivity (Wildman–Crippen MR) is 73.8 cm³/mol. The molecule has 4 heteroatoms. The largest absolute Gasteiger partial charge is 0.390 e. The molecule has 1 aromatic heterocycles. The Morgan fingerprint density at radius 3 is 2.53 bits per heavy atom. The fourth-order valence-corrected chi connectivity index (χ4v) is 2.99. The Kier molecular flexibility index (Phi) is 3.40. The second kappa shape index (κ2) is 4.67. The van der Waals surface area contributed by atoms with Gasteiger partial charge in [0.15, 0.2) is 5.78 Å². The number of aryl methyl sites for hydroxylation is 1. The summed E-state index contributed by atoms with van der Waals surface area (Å²) in [5.74, 6) is 0.0461. The van der Waals surface area contributed by atoms with E-state index in [2.05, 4.69) is 0 Å². The summed E-state index contributed by atoms with van der Waals surface area (Å²) in [6.45, 7) is 3.93. The summed E-state index contributed by atoms with van der Waals surface area (Å²) in [7, 11) is 0. The van der Waals surface area contributed by atoms with E-state index < -0.39 is 0 Å². The van der Waals surface area contributed by atoms with E-state index in [0.29, 0.717) is 17.0 Å². The lowest BCUT2D eigenvalue weighted by atomic mass is 9.95. The summed E-state index contributed by atoms with van der Waals surface area (Å²) >= 11 is 7.36. The topological polar surface area (TPSA) is 43.1 Å². The van der Waals surface area contributed by atoms with Crippen LogP contribution in [0, 0.1) is 13.8 Å². The fourth-order valence-electron chi connectivity index (χ4n) is 1.90. The van der Waals surface area contributed by atoms with Crippen LogP contribution >= 0.6 is 22.9 Å². The van der Waals surface area contributed by atoms with E-state index in [1.54, 1.807) is 12.2 Å². The van der Waals surface area contributed by atoms with Gasteiger partial charge in [0.05, 0.1) is 10.6 Å². The molecule has 0 amide bonds. The van der Waals surface area contributed by atoms with Crippen molar-refractivity contribution in [1.29, 1.82) is 0 Å². The minimum atomic E-state index is 0.0461. The Bertz CT molecular complexity index is 540. The van der Waals surface area contributed by atoms with Gasteiger partial charge in [-0.25, -0.2) is 0 Å². The molecule has 0 spiro atoms. The summed E-state index contributed by atoms with van der Waals surface area (Å²) in [6.07, 6.45) is 5.03. The Morgan fingerprint density at radius 2 is 2.06 bits per heavy atom. The van der Waals surface area contributed by atoms with Gasteiger partial charge in [0.1, 0.15) is 0 Å². The molecule has 0 bridgehead atoms. The highest BCUT2D eigenvalue weighted by Crippen LogP contribution is 2.33. The molecule has 2 N–H and O–H groups in total. The van der Waals surface area contributed by atoms with Gasteiger partial charge >= 0.3 is 0 Å². The van der Waals surface area contributed by atoms with Crippen LogP contribution in [-0.2, 0) is 0 Å². The summed E-state index contributed by atoms with van der Waals surface area (Å²) in [5, 5.41) is 1.42. The lowest BCUT2D eigenvalue weighted by Gasteiger charge is -2.10. The van der Waals surface area contributed by atoms with Crippen molar-refractivity contribution in [3.63, 3.8) is 0 Å². The first kappa shape index (κ1) is 12.4. The number of hydrogen-bond acceptors (Lipinski definition) is 3. The van der Waals surface area contributed by atoms with E-state index in [1.165, 1.54) is 11.3 Å². The minimum Gasteiger partial charge on any atom is -0.390 e. The van der Waals surface area contributed by atoms with E-state index >= 15 is 0 Å². The van der Waals surface area contributed by atoms with Gasteiger partial charge in [-0.1, -0.05) is 17.7 Å². The molecule has 0 aliphatic heterocycles. The first-order valence-corrected chi connectivity index (χ1v) is 6.65. The molecule has 1 aromatic rings. The molecular formula is C13H14ClNOS. The first-order chi connectivity index (χ1) is 8.00. The van der Waals surface area contributed by atoms with E-state index in [0.717, 1.165) is 27.5 Å². The molecular weight excluding hydrogens is 254 g/mol. The van der Waals surface area contributed by atoms with Gasteiger partial charge in [0, 0.05) is 15.5 Å². The number of allylic oxidation sites excluding steroid dienone is 4. The highest BCUT2D eigenvalue weighted by Gasteiger charge is 2.21. The molecule has 90 valence electrons. The van der Waals surface area contributed by atoms with E-state index in [4.69, 9.17) is 17.3 Å². The summed E-state index contributed by atoms with van der Waals surface area (Å²) in [4.78, 5) is 13.5. The predicted octanol–water partition coefficient (Wildman–Crippen LogP) is 3.97. The second-order valence-corrected chi connectivity index (χ2v) is 5.90. The Balaban J connectivity index is 2.38. The van der Waals surface area contributed by atoms with Crippen molar-refractivity contribution in [3.8, 4) is 0 Å². The van der Waals surface area contributed by atoms with Gasteiger partial charge in [-0.15, -0.1) is 11.3 Å². The molecule has 0 aromatic carbocycles. The molecule has 0 atom stereocenters. The monoisotopic (exact) mass is 267 g/mol. The Labute approximate surface area is 110 Å². The number of carbonyl (C=O) groups excluding carboxylic acids is 1. The quantitative estimate of drug-likeness (QED) is 0.824. The van der Waals surface area contributed by atoms with Crippen LogP contribution in [0.1, 0.15) is 33.6 Å². The van der Waals surface area contributed by atoms with Crippen LogP contribution in [0.3, 0.4) is 0 Å².